The van der Waals surface area contributed by atoms with E-state index in [-0.39, 0.29) is 6.61 Å². The van der Waals surface area contributed by atoms with Gasteiger partial charge in [-0.25, -0.2) is 14.2 Å². The van der Waals surface area contributed by atoms with Crippen molar-refractivity contribution in [2.24, 2.45) is 0 Å². The molecule has 38 heavy (non-hydrogen) atoms. The first-order chi connectivity index (χ1) is 18.6. The fourth-order valence-electron chi connectivity index (χ4n) is 5.03. The number of benzene rings is 3. The van der Waals surface area contributed by atoms with Crippen molar-refractivity contribution in [1.82, 2.24) is 9.47 Å². The second kappa shape index (κ2) is 11.6. The summed E-state index contributed by atoms with van der Waals surface area (Å²) < 4.78 is 17.4. The van der Waals surface area contributed by atoms with Gasteiger partial charge in [0.25, 0.3) is 0 Å². The van der Waals surface area contributed by atoms with Crippen LogP contribution in [0.5, 0.6) is 0 Å². The highest BCUT2D eigenvalue weighted by Gasteiger charge is 2.26. The summed E-state index contributed by atoms with van der Waals surface area (Å²) in [5.41, 5.74) is 5.72. The van der Waals surface area contributed by atoms with Gasteiger partial charge in [0.1, 0.15) is 0 Å². The molecule has 8 heteroatoms. The van der Waals surface area contributed by atoms with Crippen LogP contribution in [0.4, 0.5) is 10.5 Å². The van der Waals surface area contributed by atoms with Crippen LogP contribution in [0.15, 0.2) is 82.0 Å². The molecule has 8 nitrogen and oxygen atoms in total. The Kier molecular flexibility index (Phi) is 7.79. The van der Waals surface area contributed by atoms with E-state index in [9.17, 15) is 9.59 Å². The maximum absolute atomic E-state index is 12.8. The minimum atomic E-state index is -0.804. The van der Waals surface area contributed by atoms with Gasteiger partial charge in [0.05, 0.1) is 17.8 Å². The number of aromatic nitrogens is 1. The van der Waals surface area contributed by atoms with Crippen molar-refractivity contribution < 1.29 is 18.7 Å². The average molecular weight is 516 g/mol. The van der Waals surface area contributed by atoms with E-state index in [2.05, 4.69) is 58.3 Å². The number of piperazine rings is 1. The van der Waals surface area contributed by atoms with Crippen LogP contribution in [0.3, 0.4) is 0 Å². The van der Waals surface area contributed by atoms with Crippen molar-refractivity contribution >= 4 is 22.9 Å². The van der Waals surface area contributed by atoms with Crippen LogP contribution in [0, 0.1) is 0 Å². The fourth-order valence-corrected chi connectivity index (χ4v) is 5.03. The number of fused-ring (bicyclic) bond motifs is 1. The van der Waals surface area contributed by atoms with Gasteiger partial charge < -0.3 is 18.8 Å². The van der Waals surface area contributed by atoms with Crippen LogP contribution in [0.25, 0.3) is 22.2 Å². The molecule has 1 aliphatic rings. The highest BCUT2D eigenvalue weighted by atomic mass is 16.7. The molecule has 5 rings (SSSR count). The van der Waals surface area contributed by atoms with E-state index < -0.39 is 18.1 Å². The number of carbonyl (C=O) groups is 1. The Labute approximate surface area is 222 Å². The third-order valence-corrected chi connectivity index (χ3v) is 6.90. The lowest BCUT2D eigenvalue weighted by Gasteiger charge is -2.36. The standard InChI is InChI=1S/C30H33N3O5/c1-3-27(37-30(35)36-4-2)33-26-15-9-14-25(28(26)38-29(33)34)32-18-16-31(17-19-32)21-22-10-8-13-24(20-22)23-11-6-5-7-12-23/h5-15,20,27H,3-4,16-19,21H2,1-2H3. The molecule has 1 aromatic heterocycles. The molecule has 4 aromatic rings. The van der Waals surface area contributed by atoms with E-state index in [0.717, 1.165) is 38.4 Å². The number of para-hydroxylation sites is 1. The lowest BCUT2D eigenvalue weighted by molar-refractivity contribution is -0.00439. The maximum Gasteiger partial charge on any atom is 0.510 e. The number of nitrogens with zero attached hydrogens (tertiary/aromatic N) is 3. The summed E-state index contributed by atoms with van der Waals surface area (Å²) in [4.78, 5) is 29.5. The number of ether oxygens (including phenoxy) is 2. The zero-order valence-electron chi connectivity index (χ0n) is 21.8. The molecular formula is C30H33N3O5. The molecule has 0 spiro atoms. The van der Waals surface area contributed by atoms with Crippen molar-refractivity contribution in [2.45, 2.75) is 33.0 Å². The van der Waals surface area contributed by atoms with Crippen LogP contribution >= 0.6 is 0 Å². The van der Waals surface area contributed by atoms with Crippen LogP contribution in [0.1, 0.15) is 32.1 Å². The minimum absolute atomic E-state index is 0.199. The monoisotopic (exact) mass is 515 g/mol. The lowest BCUT2D eigenvalue weighted by atomic mass is 10.0. The van der Waals surface area contributed by atoms with E-state index in [1.165, 1.54) is 21.3 Å². The van der Waals surface area contributed by atoms with Gasteiger partial charge in [-0.2, -0.15) is 0 Å². The van der Waals surface area contributed by atoms with Gasteiger partial charge in [-0.05, 0) is 41.8 Å². The molecule has 3 aromatic carbocycles. The Bertz CT molecular complexity index is 1440. The first kappa shape index (κ1) is 25.6. The Morgan fingerprint density at radius 1 is 0.921 bits per heavy atom. The lowest BCUT2D eigenvalue weighted by Crippen LogP contribution is -2.46. The number of hydrogen-bond acceptors (Lipinski definition) is 7. The summed E-state index contributed by atoms with van der Waals surface area (Å²) in [6, 6.07) is 24.8. The van der Waals surface area contributed by atoms with Crippen molar-refractivity contribution in [3.05, 3.63) is 88.9 Å². The SMILES string of the molecule is CCOC(=O)OC(CC)n1c(=O)oc2c(N3CCN(Cc4cccc(-c5ccccc5)c4)CC3)cccc21. The third-order valence-electron chi connectivity index (χ3n) is 6.90. The molecule has 198 valence electrons. The molecule has 1 unspecified atom stereocenters. The predicted molar refractivity (Wildman–Crippen MR) is 147 cm³/mol. The Balaban J connectivity index is 1.29. The summed E-state index contributed by atoms with van der Waals surface area (Å²) in [6.07, 6.45) is -1.20. The Morgan fingerprint density at radius 2 is 1.66 bits per heavy atom. The molecule has 0 amide bonds. The van der Waals surface area contributed by atoms with Gasteiger partial charge in [-0.3, -0.25) is 4.90 Å². The van der Waals surface area contributed by atoms with Crippen molar-refractivity contribution in [1.29, 1.82) is 0 Å². The van der Waals surface area contributed by atoms with Gasteiger partial charge in [-0.1, -0.05) is 61.5 Å². The van der Waals surface area contributed by atoms with Gasteiger partial charge in [0, 0.05) is 39.1 Å². The molecule has 0 N–H and O–H groups in total. The highest BCUT2D eigenvalue weighted by Crippen LogP contribution is 2.30. The van der Waals surface area contributed by atoms with Crippen LogP contribution in [-0.2, 0) is 16.0 Å². The van der Waals surface area contributed by atoms with E-state index in [0.29, 0.717) is 17.5 Å². The smallest absolute Gasteiger partial charge is 0.435 e. The zero-order valence-corrected chi connectivity index (χ0v) is 21.8. The van der Waals surface area contributed by atoms with E-state index in [1.54, 1.807) is 6.92 Å². The van der Waals surface area contributed by atoms with Crippen molar-refractivity contribution in [2.75, 3.05) is 37.7 Å². The first-order valence-electron chi connectivity index (χ1n) is 13.2. The molecule has 0 bridgehead atoms. The van der Waals surface area contributed by atoms with Crippen molar-refractivity contribution in [3.8, 4) is 11.1 Å². The number of hydrogen-bond donors (Lipinski definition) is 0. The molecule has 0 aliphatic carbocycles. The van der Waals surface area contributed by atoms with Gasteiger partial charge in [0.2, 0.25) is 0 Å². The van der Waals surface area contributed by atoms with E-state index >= 15 is 0 Å². The Hall–Kier alpha value is -4.04. The Morgan fingerprint density at radius 3 is 2.39 bits per heavy atom. The van der Waals surface area contributed by atoms with Crippen LogP contribution in [0.2, 0.25) is 0 Å². The quantitative estimate of drug-likeness (QED) is 0.280. The normalized spacial score (nSPS) is 14.9. The predicted octanol–water partition coefficient (Wildman–Crippen LogP) is 5.67. The number of carbonyl (C=O) groups excluding carboxylic acids is 1. The average Bonchev–Trinajstić information content (AvgIpc) is 3.29. The number of anilines is 1. The van der Waals surface area contributed by atoms with Crippen molar-refractivity contribution in [3.63, 3.8) is 0 Å². The van der Waals surface area contributed by atoms with E-state index in [4.69, 9.17) is 13.9 Å². The number of rotatable bonds is 8. The molecule has 0 radical (unpaired) electrons. The van der Waals surface area contributed by atoms with Gasteiger partial charge in [0.15, 0.2) is 11.8 Å². The molecule has 2 heterocycles. The summed E-state index contributed by atoms with van der Waals surface area (Å²) in [6.45, 7) is 8.02. The summed E-state index contributed by atoms with van der Waals surface area (Å²) in [5, 5.41) is 0. The zero-order chi connectivity index (χ0) is 26.5. The minimum Gasteiger partial charge on any atom is -0.435 e. The van der Waals surface area contributed by atoms with Crippen LogP contribution in [-0.4, -0.2) is 48.4 Å². The van der Waals surface area contributed by atoms with Gasteiger partial charge >= 0.3 is 11.9 Å². The fraction of sp³-hybridized carbons (Fsp3) is 0.333. The number of oxazole rings is 1. The summed E-state index contributed by atoms with van der Waals surface area (Å²) >= 11 is 0. The molecule has 0 saturated carbocycles. The summed E-state index contributed by atoms with van der Waals surface area (Å²) in [7, 11) is 0. The first-order valence-corrected chi connectivity index (χ1v) is 13.2. The third kappa shape index (κ3) is 5.45. The molecule has 1 saturated heterocycles. The molecular weight excluding hydrogens is 482 g/mol. The van der Waals surface area contributed by atoms with Crippen LogP contribution < -0.4 is 10.7 Å². The highest BCUT2D eigenvalue weighted by molar-refractivity contribution is 5.87. The van der Waals surface area contributed by atoms with Gasteiger partial charge in [-0.15, -0.1) is 0 Å². The molecule has 1 fully saturated rings. The summed E-state index contributed by atoms with van der Waals surface area (Å²) in [5.74, 6) is -0.555. The second-order valence-corrected chi connectivity index (χ2v) is 9.36. The topological polar surface area (TPSA) is 77.1 Å². The molecule has 1 aliphatic heterocycles. The van der Waals surface area contributed by atoms with E-state index in [1.807, 2.05) is 31.2 Å². The maximum atomic E-state index is 12.8. The largest absolute Gasteiger partial charge is 0.510 e. The second-order valence-electron chi connectivity index (χ2n) is 9.36. The molecule has 1 atom stereocenters.